The molecule has 0 aliphatic carbocycles. The second kappa shape index (κ2) is 4.98. The highest BCUT2D eigenvalue weighted by Crippen LogP contribution is 2.26. The molecule has 0 heterocycles. The van der Waals surface area contributed by atoms with Crippen LogP contribution in [-0.4, -0.2) is 5.11 Å². The first-order chi connectivity index (χ1) is 8.22. The van der Waals surface area contributed by atoms with Crippen molar-refractivity contribution in [3.05, 3.63) is 72.3 Å². The average molecular weight is 224 g/mol. The van der Waals surface area contributed by atoms with Crippen LogP contribution in [0.3, 0.4) is 0 Å². The minimum Gasteiger partial charge on any atom is -0.384 e. The van der Waals surface area contributed by atoms with Crippen LogP contribution in [-0.2, 0) is 0 Å². The van der Waals surface area contributed by atoms with Crippen LogP contribution in [0.15, 0.2) is 61.2 Å². The molecular formula is C16H16O. The third-order valence-corrected chi connectivity index (χ3v) is 2.91. The standard InChI is InChI=1S/C16H16O/c1-3-16(17)14-9-6-8-13(11-14)15-10-5-4-7-12(15)2/h3-11,16-17H,1H2,2H3. The molecule has 0 amide bonds. The van der Waals surface area contributed by atoms with Crippen LogP contribution in [0.25, 0.3) is 11.1 Å². The smallest absolute Gasteiger partial charge is 0.0969 e. The summed E-state index contributed by atoms with van der Waals surface area (Å²) >= 11 is 0. The van der Waals surface area contributed by atoms with E-state index in [1.54, 1.807) is 0 Å². The molecule has 2 aromatic rings. The van der Waals surface area contributed by atoms with Crippen molar-refractivity contribution in [2.24, 2.45) is 0 Å². The Balaban J connectivity index is 2.47. The molecule has 2 rings (SSSR count). The molecule has 1 nitrogen and oxygen atoms in total. The van der Waals surface area contributed by atoms with E-state index in [4.69, 9.17) is 0 Å². The summed E-state index contributed by atoms with van der Waals surface area (Å²) in [5.74, 6) is 0. The lowest BCUT2D eigenvalue weighted by Gasteiger charge is -2.10. The van der Waals surface area contributed by atoms with Crippen molar-refractivity contribution >= 4 is 0 Å². The monoisotopic (exact) mass is 224 g/mol. The Bertz CT molecular complexity index is 529. The Morgan fingerprint density at radius 2 is 1.88 bits per heavy atom. The van der Waals surface area contributed by atoms with Crippen molar-refractivity contribution in [1.29, 1.82) is 0 Å². The lowest BCUT2D eigenvalue weighted by Crippen LogP contribution is -1.93. The predicted octanol–water partition coefficient (Wildman–Crippen LogP) is 3.88. The fourth-order valence-electron chi connectivity index (χ4n) is 1.92. The van der Waals surface area contributed by atoms with E-state index in [-0.39, 0.29) is 0 Å². The molecule has 0 aliphatic heterocycles. The van der Waals surface area contributed by atoms with Gasteiger partial charge >= 0.3 is 0 Å². The number of benzene rings is 2. The average Bonchev–Trinajstić information content (AvgIpc) is 2.38. The quantitative estimate of drug-likeness (QED) is 0.784. The molecular weight excluding hydrogens is 208 g/mol. The zero-order chi connectivity index (χ0) is 12.3. The van der Waals surface area contributed by atoms with E-state index in [0.717, 1.165) is 11.1 Å². The van der Waals surface area contributed by atoms with Gasteiger partial charge in [0.15, 0.2) is 0 Å². The lowest BCUT2D eigenvalue weighted by molar-refractivity contribution is 0.229. The molecule has 17 heavy (non-hydrogen) atoms. The van der Waals surface area contributed by atoms with Gasteiger partial charge in [0, 0.05) is 0 Å². The lowest BCUT2D eigenvalue weighted by atomic mass is 9.97. The van der Waals surface area contributed by atoms with E-state index in [1.165, 1.54) is 17.2 Å². The second-order valence-electron chi connectivity index (χ2n) is 4.12. The van der Waals surface area contributed by atoms with Gasteiger partial charge in [-0.05, 0) is 35.2 Å². The number of aliphatic hydroxyl groups excluding tert-OH is 1. The Hall–Kier alpha value is -1.86. The van der Waals surface area contributed by atoms with Gasteiger partial charge in [0.2, 0.25) is 0 Å². The molecule has 0 saturated heterocycles. The van der Waals surface area contributed by atoms with Gasteiger partial charge in [0.05, 0.1) is 6.10 Å². The van der Waals surface area contributed by atoms with Gasteiger partial charge in [-0.1, -0.05) is 48.5 Å². The molecule has 2 aromatic carbocycles. The molecule has 0 aliphatic rings. The van der Waals surface area contributed by atoms with Crippen LogP contribution in [0.1, 0.15) is 17.2 Å². The second-order valence-corrected chi connectivity index (χ2v) is 4.12. The Morgan fingerprint density at radius 3 is 2.59 bits per heavy atom. The maximum Gasteiger partial charge on any atom is 0.0969 e. The van der Waals surface area contributed by atoms with E-state index in [9.17, 15) is 5.11 Å². The molecule has 0 bridgehead atoms. The maximum atomic E-state index is 9.75. The zero-order valence-electron chi connectivity index (χ0n) is 9.93. The SMILES string of the molecule is C=CC(O)c1cccc(-c2ccccc2C)c1. The number of rotatable bonds is 3. The van der Waals surface area contributed by atoms with Gasteiger partial charge in [-0.15, -0.1) is 6.58 Å². The van der Waals surface area contributed by atoms with Crippen molar-refractivity contribution in [3.63, 3.8) is 0 Å². The number of hydrogen-bond donors (Lipinski definition) is 1. The summed E-state index contributed by atoms with van der Waals surface area (Å²) in [5, 5.41) is 9.75. The highest BCUT2D eigenvalue weighted by molar-refractivity contribution is 5.67. The van der Waals surface area contributed by atoms with E-state index in [0.29, 0.717) is 0 Å². The van der Waals surface area contributed by atoms with Crippen molar-refractivity contribution in [1.82, 2.24) is 0 Å². The maximum absolute atomic E-state index is 9.75. The first kappa shape index (κ1) is 11.6. The molecule has 1 unspecified atom stereocenters. The molecule has 0 spiro atoms. The Morgan fingerprint density at radius 1 is 1.12 bits per heavy atom. The third-order valence-electron chi connectivity index (χ3n) is 2.91. The number of aliphatic hydroxyl groups is 1. The summed E-state index contributed by atoms with van der Waals surface area (Å²) in [6.07, 6.45) is 0.940. The van der Waals surface area contributed by atoms with Crippen LogP contribution < -0.4 is 0 Å². The van der Waals surface area contributed by atoms with Crippen molar-refractivity contribution < 1.29 is 5.11 Å². The summed E-state index contributed by atoms with van der Waals surface area (Å²) < 4.78 is 0. The molecule has 1 atom stereocenters. The van der Waals surface area contributed by atoms with Crippen LogP contribution in [0, 0.1) is 6.92 Å². The van der Waals surface area contributed by atoms with Gasteiger partial charge in [-0.2, -0.15) is 0 Å². The van der Waals surface area contributed by atoms with Gasteiger partial charge in [0.1, 0.15) is 0 Å². The Labute approximate surface area is 102 Å². The third kappa shape index (κ3) is 2.45. The predicted molar refractivity (Wildman–Crippen MR) is 71.8 cm³/mol. The molecule has 0 saturated carbocycles. The summed E-state index contributed by atoms with van der Waals surface area (Å²) in [4.78, 5) is 0. The summed E-state index contributed by atoms with van der Waals surface area (Å²) in [5.41, 5.74) is 4.44. The molecule has 0 fully saturated rings. The van der Waals surface area contributed by atoms with Crippen molar-refractivity contribution in [3.8, 4) is 11.1 Å². The zero-order valence-corrected chi connectivity index (χ0v) is 9.93. The molecule has 1 N–H and O–H groups in total. The van der Waals surface area contributed by atoms with Gasteiger partial charge in [0.25, 0.3) is 0 Å². The van der Waals surface area contributed by atoms with Crippen molar-refractivity contribution in [2.75, 3.05) is 0 Å². The molecule has 86 valence electrons. The summed E-state index contributed by atoms with van der Waals surface area (Å²) in [6.45, 7) is 5.70. The van der Waals surface area contributed by atoms with E-state index in [1.807, 2.05) is 30.3 Å². The molecule has 0 aromatic heterocycles. The number of aryl methyl sites for hydroxylation is 1. The molecule has 0 radical (unpaired) electrons. The van der Waals surface area contributed by atoms with Crippen LogP contribution in [0.4, 0.5) is 0 Å². The molecule has 1 heteroatoms. The highest BCUT2D eigenvalue weighted by Gasteiger charge is 2.05. The van der Waals surface area contributed by atoms with Crippen LogP contribution in [0.2, 0.25) is 0 Å². The van der Waals surface area contributed by atoms with Gasteiger partial charge < -0.3 is 5.11 Å². The first-order valence-corrected chi connectivity index (χ1v) is 5.69. The summed E-state index contributed by atoms with van der Waals surface area (Å²) in [6, 6.07) is 16.2. The fourth-order valence-corrected chi connectivity index (χ4v) is 1.92. The van der Waals surface area contributed by atoms with Gasteiger partial charge in [-0.25, -0.2) is 0 Å². The normalized spacial score (nSPS) is 12.1. The first-order valence-electron chi connectivity index (χ1n) is 5.69. The minimum absolute atomic E-state index is 0.598. The van der Waals surface area contributed by atoms with Crippen molar-refractivity contribution in [2.45, 2.75) is 13.0 Å². The minimum atomic E-state index is -0.598. The number of hydrogen-bond acceptors (Lipinski definition) is 1. The fraction of sp³-hybridized carbons (Fsp3) is 0.125. The van der Waals surface area contributed by atoms with E-state index < -0.39 is 6.10 Å². The van der Waals surface area contributed by atoms with E-state index in [2.05, 4.69) is 31.7 Å². The Kier molecular flexibility index (Phi) is 3.40. The van der Waals surface area contributed by atoms with Gasteiger partial charge in [-0.3, -0.25) is 0 Å². The van der Waals surface area contributed by atoms with E-state index >= 15 is 0 Å². The highest BCUT2D eigenvalue weighted by atomic mass is 16.3. The van der Waals surface area contributed by atoms with Crippen LogP contribution >= 0.6 is 0 Å². The largest absolute Gasteiger partial charge is 0.384 e. The summed E-state index contributed by atoms with van der Waals surface area (Å²) in [7, 11) is 0. The van der Waals surface area contributed by atoms with Crippen LogP contribution in [0.5, 0.6) is 0 Å². The topological polar surface area (TPSA) is 20.2 Å².